The van der Waals surface area contributed by atoms with Crippen LogP contribution in [0.5, 0.6) is 11.5 Å². The van der Waals surface area contributed by atoms with E-state index >= 15 is 0 Å². The highest BCUT2D eigenvalue weighted by atomic mass is 32.1. The van der Waals surface area contributed by atoms with Crippen LogP contribution in [0.3, 0.4) is 0 Å². The van der Waals surface area contributed by atoms with Crippen LogP contribution < -0.4 is 15.0 Å². The molecule has 2 aromatic heterocycles. The minimum atomic E-state index is -0.395. The van der Waals surface area contributed by atoms with E-state index in [0.29, 0.717) is 33.6 Å². The van der Waals surface area contributed by atoms with Gasteiger partial charge in [0.05, 0.1) is 0 Å². The molecular formula is C19H14N4O3S. The van der Waals surface area contributed by atoms with Gasteiger partial charge in [0.1, 0.15) is 6.61 Å². The summed E-state index contributed by atoms with van der Waals surface area (Å²) in [6, 6.07) is 15.1. The van der Waals surface area contributed by atoms with E-state index in [1.165, 1.54) is 15.9 Å². The minimum absolute atomic E-state index is 0.274. The van der Waals surface area contributed by atoms with Gasteiger partial charge in [-0.1, -0.05) is 53.3 Å². The van der Waals surface area contributed by atoms with E-state index in [9.17, 15) is 4.79 Å². The first-order valence-corrected chi connectivity index (χ1v) is 9.23. The lowest BCUT2D eigenvalue weighted by Crippen LogP contribution is -2.23. The maximum absolute atomic E-state index is 12.8. The minimum Gasteiger partial charge on any atom is -0.485 e. The number of nitrogens with zero attached hydrogens (tertiary/aromatic N) is 4. The van der Waals surface area contributed by atoms with Crippen LogP contribution in [0.25, 0.3) is 16.2 Å². The lowest BCUT2D eigenvalue weighted by atomic mass is 10.1. The number of hydrogen-bond acceptors (Lipinski definition) is 7. The molecule has 0 saturated heterocycles. The highest BCUT2D eigenvalue weighted by Gasteiger charge is 2.26. The SMILES string of the molecule is Cc1ccc(-c2nnc3sc([C@@H]4COc5ccccc5O4)nn3c2=O)cc1. The third-order valence-electron chi connectivity index (χ3n) is 4.32. The first-order valence-electron chi connectivity index (χ1n) is 8.41. The van der Waals surface area contributed by atoms with E-state index < -0.39 is 6.10 Å². The van der Waals surface area contributed by atoms with Crippen molar-refractivity contribution >= 4 is 16.3 Å². The molecule has 0 radical (unpaired) electrons. The molecule has 134 valence electrons. The summed E-state index contributed by atoms with van der Waals surface area (Å²) in [5.41, 5.74) is 1.80. The quantitative estimate of drug-likeness (QED) is 0.533. The maximum atomic E-state index is 12.8. The predicted molar refractivity (Wildman–Crippen MR) is 100 cm³/mol. The molecule has 0 bridgehead atoms. The second-order valence-electron chi connectivity index (χ2n) is 6.22. The number of rotatable bonds is 2. The predicted octanol–water partition coefficient (Wildman–Crippen LogP) is 3.03. The van der Waals surface area contributed by atoms with Crippen molar-refractivity contribution in [3.8, 4) is 22.8 Å². The first kappa shape index (κ1) is 16.0. The highest BCUT2D eigenvalue weighted by molar-refractivity contribution is 7.16. The van der Waals surface area contributed by atoms with Crippen molar-refractivity contribution in [2.75, 3.05) is 6.61 Å². The van der Waals surface area contributed by atoms with Crippen LogP contribution in [0.2, 0.25) is 0 Å². The average molecular weight is 378 g/mol. The summed E-state index contributed by atoms with van der Waals surface area (Å²) in [6.45, 7) is 2.31. The summed E-state index contributed by atoms with van der Waals surface area (Å²) in [4.78, 5) is 13.3. The topological polar surface area (TPSA) is 78.6 Å². The Morgan fingerprint density at radius 2 is 1.85 bits per heavy atom. The highest BCUT2D eigenvalue weighted by Crippen LogP contribution is 2.36. The molecule has 7 nitrogen and oxygen atoms in total. The lowest BCUT2D eigenvalue weighted by Gasteiger charge is -2.24. The fourth-order valence-electron chi connectivity index (χ4n) is 2.89. The molecule has 0 saturated carbocycles. The van der Waals surface area contributed by atoms with Crippen molar-refractivity contribution in [2.24, 2.45) is 0 Å². The molecule has 0 N–H and O–H groups in total. The smallest absolute Gasteiger partial charge is 0.302 e. The molecule has 27 heavy (non-hydrogen) atoms. The molecule has 2 aromatic carbocycles. The zero-order valence-corrected chi connectivity index (χ0v) is 15.1. The van der Waals surface area contributed by atoms with E-state index in [0.717, 1.165) is 5.56 Å². The van der Waals surface area contributed by atoms with Crippen molar-refractivity contribution < 1.29 is 9.47 Å². The Balaban J connectivity index is 1.54. The molecule has 1 aliphatic rings. The maximum Gasteiger partial charge on any atom is 0.302 e. The Hall–Kier alpha value is -3.26. The summed E-state index contributed by atoms with van der Waals surface area (Å²) in [7, 11) is 0. The van der Waals surface area contributed by atoms with Gasteiger partial charge in [0.15, 0.2) is 28.3 Å². The number of hydrogen-bond donors (Lipinski definition) is 0. The zero-order chi connectivity index (χ0) is 18.4. The summed E-state index contributed by atoms with van der Waals surface area (Å²) in [5, 5.41) is 13.3. The molecule has 0 amide bonds. The van der Waals surface area contributed by atoms with Crippen LogP contribution in [0.4, 0.5) is 0 Å². The second-order valence-corrected chi connectivity index (χ2v) is 7.21. The molecule has 0 spiro atoms. The van der Waals surface area contributed by atoms with Crippen molar-refractivity contribution in [3.63, 3.8) is 0 Å². The summed E-state index contributed by atoms with van der Waals surface area (Å²) >= 11 is 1.27. The van der Waals surface area contributed by atoms with Gasteiger partial charge in [-0.05, 0) is 19.1 Å². The average Bonchev–Trinajstić information content (AvgIpc) is 3.14. The van der Waals surface area contributed by atoms with Gasteiger partial charge >= 0.3 is 5.56 Å². The van der Waals surface area contributed by atoms with E-state index in [2.05, 4.69) is 15.3 Å². The summed E-state index contributed by atoms with van der Waals surface area (Å²) in [6.07, 6.45) is -0.395. The van der Waals surface area contributed by atoms with Crippen molar-refractivity contribution in [2.45, 2.75) is 13.0 Å². The molecule has 4 aromatic rings. The van der Waals surface area contributed by atoms with Crippen LogP contribution >= 0.6 is 11.3 Å². The number of aryl methyl sites for hydroxylation is 1. The van der Waals surface area contributed by atoms with Crippen LogP contribution in [-0.4, -0.2) is 26.4 Å². The molecular weight excluding hydrogens is 364 g/mol. The molecule has 0 aliphatic carbocycles. The van der Waals surface area contributed by atoms with E-state index in [4.69, 9.17) is 9.47 Å². The molecule has 5 rings (SSSR count). The standard InChI is InChI=1S/C19H14N4O3S/c1-11-6-8-12(9-7-11)16-18(24)23-19(21-20-16)27-17(22-23)15-10-25-13-4-2-3-5-14(13)26-15/h2-9,15H,10H2,1H3/t15-/m0/s1. The Morgan fingerprint density at radius 3 is 2.67 bits per heavy atom. The Kier molecular flexibility index (Phi) is 3.64. The third kappa shape index (κ3) is 2.74. The Labute approximate surface area is 157 Å². The first-order chi connectivity index (χ1) is 13.2. The van der Waals surface area contributed by atoms with Gasteiger partial charge < -0.3 is 9.47 Å². The van der Waals surface area contributed by atoms with Crippen LogP contribution in [0.1, 0.15) is 16.7 Å². The van der Waals surface area contributed by atoms with E-state index in [1.807, 2.05) is 55.5 Å². The van der Waals surface area contributed by atoms with Crippen LogP contribution in [0.15, 0.2) is 53.3 Å². The van der Waals surface area contributed by atoms with Crippen LogP contribution in [0, 0.1) is 6.92 Å². The summed E-state index contributed by atoms with van der Waals surface area (Å²) < 4.78 is 13.0. The summed E-state index contributed by atoms with van der Waals surface area (Å²) in [5.74, 6) is 1.36. The molecule has 1 aliphatic heterocycles. The fraction of sp³-hybridized carbons (Fsp3) is 0.158. The van der Waals surface area contributed by atoms with Gasteiger partial charge in [0, 0.05) is 5.56 Å². The number of ether oxygens (including phenoxy) is 2. The largest absolute Gasteiger partial charge is 0.485 e. The normalized spacial score (nSPS) is 15.8. The van der Waals surface area contributed by atoms with Gasteiger partial charge in [-0.15, -0.1) is 10.2 Å². The van der Waals surface area contributed by atoms with Crippen LogP contribution in [-0.2, 0) is 0 Å². The van der Waals surface area contributed by atoms with Gasteiger partial charge in [0.25, 0.3) is 0 Å². The molecule has 8 heteroatoms. The van der Waals surface area contributed by atoms with E-state index in [1.54, 1.807) is 0 Å². The zero-order valence-electron chi connectivity index (χ0n) is 14.3. The number of aromatic nitrogens is 4. The van der Waals surface area contributed by atoms with Crippen molar-refractivity contribution in [3.05, 3.63) is 69.5 Å². The van der Waals surface area contributed by atoms with Gasteiger partial charge in [-0.2, -0.15) is 9.61 Å². The number of benzene rings is 2. The van der Waals surface area contributed by atoms with Crippen molar-refractivity contribution in [1.82, 2.24) is 19.8 Å². The second kappa shape index (κ2) is 6.17. The van der Waals surface area contributed by atoms with E-state index in [-0.39, 0.29) is 11.3 Å². The Morgan fingerprint density at radius 1 is 1.07 bits per heavy atom. The number of para-hydroxylation sites is 2. The molecule has 0 unspecified atom stereocenters. The third-order valence-corrected chi connectivity index (χ3v) is 5.31. The fourth-order valence-corrected chi connectivity index (χ4v) is 3.74. The lowest BCUT2D eigenvalue weighted by molar-refractivity contribution is 0.0904. The Bertz CT molecular complexity index is 1200. The van der Waals surface area contributed by atoms with Gasteiger partial charge in [-0.25, -0.2) is 0 Å². The van der Waals surface area contributed by atoms with Gasteiger partial charge in [-0.3, -0.25) is 4.79 Å². The monoisotopic (exact) mass is 378 g/mol. The van der Waals surface area contributed by atoms with Gasteiger partial charge in [0.2, 0.25) is 4.96 Å². The number of fused-ring (bicyclic) bond motifs is 2. The van der Waals surface area contributed by atoms with Crippen molar-refractivity contribution in [1.29, 1.82) is 0 Å². The molecule has 3 heterocycles. The molecule has 0 fully saturated rings. The molecule has 1 atom stereocenters.